The summed E-state index contributed by atoms with van der Waals surface area (Å²) < 4.78 is 1.55. The lowest BCUT2D eigenvalue weighted by Gasteiger charge is -2.06. The Hall–Kier alpha value is -2.33. The Bertz CT molecular complexity index is 612. The summed E-state index contributed by atoms with van der Waals surface area (Å²) in [5, 5.41) is 3.42. The summed E-state index contributed by atoms with van der Waals surface area (Å²) in [6, 6.07) is 7.35. The first-order valence-electron chi connectivity index (χ1n) is 4.78. The van der Waals surface area contributed by atoms with Crippen molar-refractivity contribution in [2.24, 2.45) is 5.11 Å². The molecular weight excluding hydrogens is 206 g/mol. The fraction of sp³-hybridized carbons (Fsp3) is 0.200. The highest BCUT2D eigenvalue weighted by Gasteiger charge is 2.01. The molecule has 0 unspecified atom stereocenters. The van der Waals surface area contributed by atoms with Crippen molar-refractivity contribution < 1.29 is 0 Å². The van der Waals surface area contributed by atoms with Gasteiger partial charge in [-0.05, 0) is 17.7 Å². The van der Waals surface area contributed by atoms with Gasteiger partial charge in [0, 0.05) is 18.0 Å². The predicted molar refractivity (Wildman–Crippen MR) is 60.0 cm³/mol. The maximum atomic E-state index is 11.6. The van der Waals surface area contributed by atoms with Crippen molar-refractivity contribution in [2.45, 2.75) is 6.54 Å². The van der Waals surface area contributed by atoms with Crippen LogP contribution in [-0.2, 0) is 6.54 Å². The first-order chi connectivity index (χ1) is 7.83. The smallest absolute Gasteiger partial charge is 0.269 e. The van der Waals surface area contributed by atoms with Gasteiger partial charge in [-0.1, -0.05) is 17.2 Å². The molecule has 0 atom stereocenters. The van der Waals surface area contributed by atoms with Crippen molar-refractivity contribution in [1.82, 2.24) is 9.55 Å². The number of aromatic nitrogens is 2. The molecule has 0 fully saturated rings. The summed E-state index contributed by atoms with van der Waals surface area (Å²) in [7, 11) is 0. The van der Waals surface area contributed by atoms with Crippen LogP contribution in [0, 0.1) is 0 Å². The maximum Gasteiger partial charge on any atom is 0.269 e. The molecular formula is C10H9N5O. The second-order valence-electron chi connectivity index (χ2n) is 3.19. The number of para-hydroxylation sites is 2. The summed E-state index contributed by atoms with van der Waals surface area (Å²) in [6.07, 6.45) is 1.28. The fourth-order valence-electron chi connectivity index (χ4n) is 1.53. The molecule has 6 heteroatoms. The van der Waals surface area contributed by atoms with Crippen molar-refractivity contribution in [3.05, 3.63) is 51.3 Å². The van der Waals surface area contributed by atoms with E-state index in [1.54, 1.807) is 4.57 Å². The Morgan fingerprint density at radius 2 is 2.25 bits per heavy atom. The number of hydrogen-bond acceptors (Lipinski definition) is 3. The third-order valence-corrected chi connectivity index (χ3v) is 2.24. The quantitative estimate of drug-likeness (QED) is 0.443. The summed E-state index contributed by atoms with van der Waals surface area (Å²) in [5.74, 6) is 0. The highest BCUT2D eigenvalue weighted by molar-refractivity contribution is 5.74. The predicted octanol–water partition coefficient (Wildman–Crippen LogP) is 1.71. The largest absolute Gasteiger partial charge is 0.305 e. The second-order valence-corrected chi connectivity index (χ2v) is 3.19. The van der Waals surface area contributed by atoms with E-state index >= 15 is 0 Å². The van der Waals surface area contributed by atoms with Crippen molar-refractivity contribution in [3.8, 4) is 0 Å². The monoisotopic (exact) mass is 215 g/mol. The molecule has 0 bridgehead atoms. The minimum atomic E-state index is -0.188. The molecule has 0 aliphatic rings. The molecule has 6 nitrogen and oxygen atoms in total. The van der Waals surface area contributed by atoms with Crippen LogP contribution in [0.1, 0.15) is 0 Å². The van der Waals surface area contributed by atoms with Crippen molar-refractivity contribution in [3.63, 3.8) is 0 Å². The van der Waals surface area contributed by atoms with Gasteiger partial charge in [0.2, 0.25) is 0 Å². The average Bonchev–Trinajstić information content (AvgIpc) is 2.32. The van der Waals surface area contributed by atoms with E-state index < -0.39 is 0 Å². The molecule has 0 saturated carbocycles. The van der Waals surface area contributed by atoms with Gasteiger partial charge < -0.3 is 4.57 Å². The number of rotatable bonds is 3. The summed E-state index contributed by atoms with van der Waals surface area (Å²) in [6.45, 7) is 0.621. The van der Waals surface area contributed by atoms with Crippen LogP contribution in [0.4, 0.5) is 0 Å². The van der Waals surface area contributed by atoms with Crippen LogP contribution in [0.2, 0.25) is 0 Å². The Kier molecular flexibility index (Phi) is 2.84. The van der Waals surface area contributed by atoms with Crippen molar-refractivity contribution in [2.75, 3.05) is 6.54 Å². The Morgan fingerprint density at radius 1 is 1.44 bits per heavy atom. The number of azide groups is 1. The van der Waals surface area contributed by atoms with Gasteiger partial charge in [0.05, 0.1) is 17.2 Å². The van der Waals surface area contributed by atoms with Crippen LogP contribution in [-0.4, -0.2) is 16.1 Å². The number of hydrogen-bond donors (Lipinski definition) is 0. The Balaban J connectivity index is 2.52. The molecule has 0 spiro atoms. The Morgan fingerprint density at radius 3 is 3.06 bits per heavy atom. The number of nitrogens with zero attached hydrogens (tertiary/aromatic N) is 5. The van der Waals surface area contributed by atoms with Crippen molar-refractivity contribution in [1.29, 1.82) is 0 Å². The van der Waals surface area contributed by atoms with E-state index in [1.165, 1.54) is 6.20 Å². The lowest BCUT2D eigenvalue weighted by atomic mass is 10.3. The molecule has 2 rings (SSSR count). The highest BCUT2D eigenvalue weighted by atomic mass is 16.1. The molecule has 0 aliphatic heterocycles. The van der Waals surface area contributed by atoms with E-state index in [2.05, 4.69) is 15.0 Å². The minimum Gasteiger partial charge on any atom is -0.305 e. The standard InChI is InChI=1S/C10H9N5O/c11-14-13-5-6-15-9-4-2-1-3-8(9)12-7-10(15)16/h1-4,7H,5-6H2. The summed E-state index contributed by atoms with van der Waals surface area (Å²) in [4.78, 5) is 18.3. The minimum absolute atomic E-state index is 0.188. The van der Waals surface area contributed by atoms with Gasteiger partial charge in [-0.2, -0.15) is 0 Å². The van der Waals surface area contributed by atoms with Gasteiger partial charge in [0.25, 0.3) is 5.56 Å². The van der Waals surface area contributed by atoms with Crippen LogP contribution in [0.25, 0.3) is 21.5 Å². The molecule has 80 valence electrons. The lowest BCUT2D eigenvalue weighted by Crippen LogP contribution is -2.21. The van der Waals surface area contributed by atoms with Gasteiger partial charge in [0.15, 0.2) is 0 Å². The Labute approximate surface area is 90.8 Å². The van der Waals surface area contributed by atoms with Crippen LogP contribution in [0.5, 0.6) is 0 Å². The molecule has 0 N–H and O–H groups in total. The second kappa shape index (κ2) is 4.46. The zero-order chi connectivity index (χ0) is 11.4. The van der Waals surface area contributed by atoms with Gasteiger partial charge in [-0.3, -0.25) is 4.79 Å². The molecule has 0 saturated heterocycles. The third-order valence-electron chi connectivity index (χ3n) is 2.24. The fourth-order valence-corrected chi connectivity index (χ4v) is 1.53. The van der Waals surface area contributed by atoms with Crippen LogP contribution in [0.3, 0.4) is 0 Å². The van der Waals surface area contributed by atoms with Crippen LogP contribution >= 0.6 is 0 Å². The normalized spacial score (nSPS) is 10.0. The number of fused-ring (bicyclic) bond motifs is 1. The highest BCUT2D eigenvalue weighted by Crippen LogP contribution is 2.07. The molecule has 1 heterocycles. The van der Waals surface area contributed by atoms with E-state index in [-0.39, 0.29) is 12.1 Å². The van der Waals surface area contributed by atoms with Gasteiger partial charge >= 0.3 is 0 Å². The van der Waals surface area contributed by atoms with Crippen molar-refractivity contribution >= 4 is 11.0 Å². The average molecular weight is 215 g/mol. The van der Waals surface area contributed by atoms with E-state index in [9.17, 15) is 4.79 Å². The SMILES string of the molecule is [N-]=[N+]=NCCn1c(=O)cnc2ccccc21. The molecule has 16 heavy (non-hydrogen) atoms. The van der Waals surface area contributed by atoms with E-state index in [1.807, 2.05) is 24.3 Å². The van der Waals surface area contributed by atoms with E-state index in [0.29, 0.717) is 6.54 Å². The molecule has 1 aromatic heterocycles. The van der Waals surface area contributed by atoms with Crippen LogP contribution < -0.4 is 5.56 Å². The molecule has 1 aromatic carbocycles. The molecule has 0 aliphatic carbocycles. The zero-order valence-electron chi connectivity index (χ0n) is 8.45. The topological polar surface area (TPSA) is 83.7 Å². The number of benzene rings is 1. The lowest BCUT2D eigenvalue weighted by molar-refractivity contribution is 0.700. The van der Waals surface area contributed by atoms with E-state index in [0.717, 1.165) is 11.0 Å². The molecule has 0 amide bonds. The van der Waals surface area contributed by atoms with E-state index in [4.69, 9.17) is 5.53 Å². The maximum absolute atomic E-state index is 11.6. The first kappa shape index (κ1) is 10.2. The summed E-state index contributed by atoms with van der Waals surface area (Å²) in [5.41, 5.74) is 9.50. The first-order valence-corrected chi connectivity index (χ1v) is 4.78. The van der Waals surface area contributed by atoms with Gasteiger partial charge in [-0.15, -0.1) is 0 Å². The van der Waals surface area contributed by atoms with Gasteiger partial charge in [0.1, 0.15) is 0 Å². The summed E-state index contributed by atoms with van der Waals surface area (Å²) >= 11 is 0. The zero-order valence-corrected chi connectivity index (χ0v) is 8.45. The van der Waals surface area contributed by atoms with Gasteiger partial charge in [-0.25, -0.2) is 4.98 Å². The molecule has 0 radical (unpaired) electrons. The van der Waals surface area contributed by atoms with Crippen LogP contribution in [0.15, 0.2) is 40.4 Å². The molecule has 2 aromatic rings. The third kappa shape index (κ3) is 1.87.